The fraction of sp³-hybridized carbons (Fsp3) is 0.167. The summed E-state index contributed by atoms with van der Waals surface area (Å²) in [5.41, 5.74) is 1.38. The Morgan fingerprint density at radius 2 is 1.64 bits per heavy atom. The van der Waals surface area contributed by atoms with Crippen LogP contribution in [0.5, 0.6) is 0 Å². The Morgan fingerprint density at radius 1 is 0.960 bits per heavy atom. The number of amides is 2. The normalized spacial score (nSPS) is 9.96. The average Bonchev–Trinajstić information content (AvgIpc) is 2.63. The van der Waals surface area contributed by atoms with E-state index in [1.54, 1.807) is 48.5 Å². The van der Waals surface area contributed by atoms with Gasteiger partial charge in [0.2, 0.25) is 0 Å². The monoisotopic (exact) mass is 357 g/mol. The van der Waals surface area contributed by atoms with Crippen molar-refractivity contribution in [2.45, 2.75) is 6.42 Å². The van der Waals surface area contributed by atoms with Crippen LogP contribution in [-0.2, 0) is 0 Å². The minimum Gasteiger partial charge on any atom is -0.396 e. The summed E-state index contributed by atoms with van der Waals surface area (Å²) >= 11 is 5.16. The van der Waals surface area contributed by atoms with Crippen LogP contribution in [0.3, 0.4) is 0 Å². The van der Waals surface area contributed by atoms with Crippen molar-refractivity contribution in [3.8, 4) is 0 Å². The standard InChI is InChI=1S/C18H19N3O3S/c22-12-6-11-19-17(24)14-9-4-5-10-15(14)20-18(25)21-16(23)13-7-2-1-3-8-13/h1-5,7-10,22H,6,11-12H2,(H,19,24)(H2,20,21,23,25). The molecule has 2 amide bonds. The number of hydrogen-bond donors (Lipinski definition) is 4. The van der Waals surface area contributed by atoms with Gasteiger partial charge in [-0.2, -0.15) is 0 Å². The molecule has 0 aliphatic heterocycles. The van der Waals surface area contributed by atoms with Crippen molar-refractivity contribution < 1.29 is 14.7 Å². The Morgan fingerprint density at radius 3 is 2.36 bits per heavy atom. The highest BCUT2D eigenvalue weighted by atomic mass is 32.1. The Balaban J connectivity index is 2.01. The van der Waals surface area contributed by atoms with Crippen LogP contribution in [0.2, 0.25) is 0 Å². The van der Waals surface area contributed by atoms with Crippen molar-refractivity contribution in [1.82, 2.24) is 10.6 Å². The lowest BCUT2D eigenvalue weighted by atomic mass is 10.1. The molecule has 7 heteroatoms. The predicted octanol–water partition coefficient (Wildman–Crippen LogP) is 1.93. The number of anilines is 1. The number of para-hydroxylation sites is 1. The van der Waals surface area contributed by atoms with Crippen molar-refractivity contribution in [1.29, 1.82) is 0 Å². The van der Waals surface area contributed by atoms with Gasteiger partial charge in [0, 0.05) is 18.7 Å². The molecule has 0 saturated carbocycles. The Kier molecular flexibility index (Phi) is 7.06. The van der Waals surface area contributed by atoms with Crippen LogP contribution in [0.25, 0.3) is 0 Å². The fourth-order valence-corrected chi connectivity index (χ4v) is 2.29. The van der Waals surface area contributed by atoms with Crippen LogP contribution < -0.4 is 16.0 Å². The van der Waals surface area contributed by atoms with Crippen LogP contribution in [-0.4, -0.2) is 35.2 Å². The number of carbonyl (C=O) groups excluding carboxylic acids is 2. The quantitative estimate of drug-likeness (QED) is 0.468. The lowest BCUT2D eigenvalue weighted by Crippen LogP contribution is -2.35. The third kappa shape index (κ3) is 5.66. The van der Waals surface area contributed by atoms with Crippen molar-refractivity contribution >= 4 is 34.8 Å². The lowest BCUT2D eigenvalue weighted by Gasteiger charge is -2.13. The summed E-state index contributed by atoms with van der Waals surface area (Å²) in [7, 11) is 0. The molecule has 2 aromatic carbocycles. The number of thiocarbonyl (C=S) groups is 1. The Hall–Kier alpha value is -2.77. The van der Waals surface area contributed by atoms with E-state index < -0.39 is 0 Å². The molecule has 0 saturated heterocycles. The number of rotatable bonds is 6. The van der Waals surface area contributed by atoms with Crippen molar-refractivity contribution in [3.63, 3.8) is 0 Å². The largest absolute Gasteiger partial charge is 0.396 e. The molecule has 0 atom stereocenters. The molecule has 4 N–H and O–H groups in total. The van der Waals surface area contributed by atoms with Crippen LogP contribution >= 0.6 is 12.2 Å². The number of hydrogen-bond acceptors (Lipinski definition) is 4. The first kappa shape index (κ1) is 18.6. The zero-order chi connectivity index (χ0) is 18.1. The van der Waals surface area contributed by atoms with E-state index in [0.717, 1.165) is 0 Å². The van der Waals surface area contributed by atoms with Gasteiger partial charge in [0.25, 0.3) is 11.8 Å². The number of aliphatic hydroxyl groups is 1. The molecule has 0 radical (unpaired) electrons. The smallest absolute Gasteiger partial charge is 0.257 e. The van der Waals surface area contributed by atoms with Crippen LogP contribution in [0.15, 0.2) is 54.6 Å². The molecular formula is C18H19N3O3S. The number of benzene rings is 2. The van der Waals surface area contributed by atoms with Crippen LogP contribution in [0, 0.1) is 0 Å². The molecule has 6 nitrogen and oxygen atoms in total. The zero-order valence-electron chi connectivity index (χ0n) is 13.5. The van der Waals surface area contributed by atoms with Gasteiger partial charge in [-0.3, -0.25) is 14.9 Å². The molecule has 0 spiro atoms. The minimum atomic E-state index is -0.331. The highest BCUT2D eigenvalue weighted by Crippen LogP contribution is 2.15. The highest BCUT2D eigenvalue weighted by Gasteiger charge is 2.13. The Bertz CT molecular complexity index is 750. The van der Waals surface area contributed by atoms with Gasteiger partial charge in [-0.1, -0.05) is 30.3 Å². The van der Waals surface area contributed by atoms with Gasteiger partial charge >= 0.3 is 0 Å². The van der Waals surface area contributed by atoms with E-state index in [1.165, 1.54) is 0 Å². The first-order valence-electron chi connectivity index (χ1n) is 7.77. The summed E-state index contributed by atoms with van der Waals surface area (Å²) in [5, 5.41) is 17.0. The second-order valence-corrected chi connectivity index (χ2v) is 5.56. The van der Waals surface area contributed by atoms with E-state index in [-0.39, 0.29) is 23.5 Å². The van der Waals surface area contributed by atoms with E-state index in [1.807, 2.05) is 6.07 Å². The van der Waals surface area contributed by atoms with Gasteiger partial charge in [-0.05, 0) is 42.9 Å². The van der Waals surface area contributed by atoms with Gasteiger partial charge in [-0.25, -0.2) is 0 Å². The molecule has 0 bridgehead atoms. The van der Waals surface area contributed by atoms with Crippen molar-refractivity contribution in [3.05, 3.63) is 65.7 Å². The lowest BCUT2D eigenvalue weighted by molar-refractivity contribution is 0.0950. The third-order valence-electron chi connectivity index (χ3n) is 3.30. The summed E-state index contributed by atoms with van der Waals surface area (Å²) in [6, 6.07) is 15.5. The topological polar surface area (TPSA) is 90.5 Å². The molecule has 2 rings (SSSR count). The van der Waals surface area contributed by atoms with Gasteiger partial charge in [0.05, 0.1) is 11.3 Å². The van der Waals surface area contributed by atoms with E-state index in [0.29, 0.717) is 29.8 Å². The maximum atomic E-state index is 12.2. The van der Waals surface area contributed by atoms with Gasteiger partial charge < -0.3 is 15.7 Å². The van der Waals surface area contributed by atoms with E-state index in [4.69, 9.17) is 17.3 Å². The van der Waals surface area contributed by atoms with Crippen LogP contribution in [0.1, 0.15) is 27.1 Å². The van der Waals surface area contributed by atoms with Gasteiger partial charge in [0.15, 0.2) is 5.11 Å². The van der Waals surface area contributed by atoms with Crippen molar-refractivity contribution in [2.75, 3.05) is 18.5 Å². The van der Waals surface area contributed by atoms with Crippen molar-refractivity contribution in [2.24, 2.45) is 0 Å². The van der Waals surface area contributed by atoms with E-state index in [2.05, 4.69) is 16.0 Å². The molecule has 0 fully saturated rings. The number of aliphatic hydroxyl groups excluding tert-OH is 1. The fourth-order valence-electron chi connectivity index (χ4n) is 2.08. The Labute approximate surface area is 151 Å². The maximum absolute atomic E-state index is 12.2. The molecule has 0 aliphatic rings. The SMILES string of the molecule is O=C(NC(=S)Nc1ccccc1C(=O)NCCCO)c1ccccc1. The van der Waals surface area contributed by atoms with E-state index >= 15 is 0 Å². The molecule has 0 heterocycles. The summed E-state index contributed by atoms with van der Waals surface area (Å²) in [6.07, 6.45) is 0.479. The molecule has 0 unspecified atom stereocenters. The second kappa shape index (κ2) is 9.51. The van der Waals surface area contributed by atoms with Gasteiger partial charge in [-0.15, -0.1) is 0 Å². The zero-order valence-corrected chi connectivity index (χ0v) is 14.3. The van der Waals surface area contributed by atoms with Gasteiger partial charge in [0.1, 0.15) is 0 Å². The molecular weight excluding hydrogens is 338 g/mol. The highest BCUT2D eigenvalue weighted by molar-refractivity contribution is 7.80. The summed E-state index contributed by atoms with van der Waals surface area (Å²) in [6.45, 7) is 0.384. The molecule has 25 heavy (non-hydrogen) atoms. The predicted molar refractivity (Wildman–Crippen MR) is 101 cm³/mol. The molecule has 0 aliphatic carbocycles. The minimum absolute atomic E-state index is 0.00970. The molecule has 130 valence electrons. The van der Waals surface area contributed by atoms with Crippen LogP contribution in [0.4, 0.5) is 5.69 Å². The molecule has 0 aromatic heterocycles. The number of carbonyl (C=O) groups is 2. The number of nitrogens with one attached hydrogen (secondary N) is 3. The summed E-state index contributed by atoms with van der Waals surface area (Å²) in [4.78, 5) is 24.3. The molecule has 2 aromatic rings. The first-order valence-corrected chi connectivity index (χ1v) is 8.18. The average molecular weight is 357 g/mol. The second-order valence-electron chi connectivity index (χ2n) is 5.15. The van der Waals surface area contributed by atoms with E-state index in [9.17, 15) is 9.59 Å². The summed E-state index contributed by atoms with van der Waals surface area (Å²) < 4.78 is 0. The third-order valence-corrected chi connectivity index (χ3v) is 3.51. The maximum Gasteiger partial charge on any atom is 0.257 e. The summed E-state index contributed by atoms with van der Waals surface area (Å²) in [5.74, 6) is -0.614. The first-order chi connectivity index (χ1) is 12.1.